The molecular formula is C26H23ClO4S. The fourth-order valence-electron chi connectivity index (χ4n) is 3.90. The number of hydrogen-bond donors (Lipinski definition) is 2. The van der Waals surface area contributed by atoms with E-state index < -0.39 is 12.1 Å². The smallest absolute Gasteiger partial charge is 0.345 e. The van der Waals surface area contributed by atoms with E-state index in [2.05, 4.69) is 6.92 Å². The van der Waals surface area contributed by atoms with E-state index in [-0.39, 0.29) is 12.2 Å². The lowest BCUT2D eigenvalue weighted by Gasteiger charge is -2.18. The van der Waals surface area contributed by atoms with E-state index in [1.54, 1.807) is 17.4 Å². The molecule has 1 unspecified atom stereocenters. The standard InChI is InChI=1S/C26H23ClO4S/c1-3-21-23(17-12-13-18(28)25(27)15(17)2)24-19(10-7-11-22(24)32-21)31-20(26(29)30)14-16-8-5-4-6-9-16/h4-13,20,28H,3,14H2,1-2H3,(H,29,30). The van der Waals surface area contributed by atoms with Crippen LogP contribution < -0.4 is 4.74 Å². The van der Waals surface area contributed by atoms with Crippen LogP contribution in [0.25, 0.3) is 21.2 Å². The summed E-state index contributed by atoms with van der Waals surface area (Å²) in [5.74, 6) is -0.446. The fourth-order valence-corrected chi connectivity index (χ4v) is 5.24. The van der Waals surface area contributed by atoms with Crippen molar-refractivity contribution < 1.29 is 19.7 Å². The third-order valence-corrected chi connectivity index (χ3v) is 7.29. The molecule has 0 aliphatic rings. The average molecular weight is 467 g/mol. The van der Waals surface area contributed by atoms with E-state index in [1.807, 2.05) is 61.5 Å². The van der Waals surface area contributed by atoms with Gasteiger partial charge in [0, 0.05) is 26.9 Å². The van der Waals surface area contributed by atoms with Crippen LogP contribution in [0.3, 0.4) is 0 Å². The molecule has 0 aliphatic heterocycles. The number of carbonyl (C=O) groups is 1. The molecule has 6 heteroatoms. The molecule has 2 N–H and O–H groups in total. The third kappa shape index (κ3) is 4.18. The second-order valence-corrected chi connectivity index (χ2v) is 9.10. The maximum absolute atomic E-state index is 12.0. The van der Waals surface area contributed by atoms with Gasteiger partial charge in [-0.05, 0) is 48.2 Å². The van der Waals surface area contributed by atoms with Crippen molar-refractivity contribution in [2.75, 3.05) is 0 Å². The van der Waals surface area contributed by atoms with Crippen LogP contribution in [0.4, 0.5) is 0 Å². The number of benzene rings is 3. The van der Waals surface area contributed by atoms with Crippen LogP contribution in [-0.4, -0.2) is 22.3 Å². The molecule has 1 aromatic heterocycles. The molecule has 32 heavy (non-hydrogen) atoms. The highest BCUT2D eigenvalue weighted by Gasteiger charge is 2.24. The molecule has 4 nitrogen and oxygen atoms in total. The first-order chi connectivity index (χ1) is 15.4. The monoisotopic (exact) mass is 466 g/mol. The van der Waals surface area contributed by atoms with E-state index in [0.29, 0.717) is 10.8 Å². The van der Waals surface area contributed by atoms with Gasteiger partial charge < -0.3 is 14.9 Å². The Morgan fingerprint density at radius 3 is 2.53 bits per heavy atom. The van der Waals surface area contributed by atoms with Gasteiger partial charge in [-0.1, -0.05) is 61.0 Å². The minimum Gasteiger partial charge on any atom is -0.506 e. The summed E-state index contributed by atoms with van der Waals surface area (Å²) in [7, 11) is 0. The van der Waals surface area contributed by atoms with Crippen LogP contribution >= 0.6 is 22.9 Å². The van der Waals surface area contributed by atoms with Crippen molar-refractivity contribution in [3.05, 3.63) is 81.7 Å². The molecule has 0 radical (unpaired) electrons. The van der Waals surface area contributed by atoms with Gasteiger partial charge in [0.25, 0.3) is 0 Å². The Morgan fingerprint density at radius 2 is 1.84 bits per heavy atom. The lowest BCUT2D eigenvalue weighted by atomic mass is 9.96. The Bertz CT molecular complexity index is 1280. The molecule has 0 saturated carbocycles. The fraction of sp³-hybridized carbons (Fsp3) is 0.192. The molecular weight excluding hydrogens is 444 g/mol. The first-order valence-electron chi connectivity index (χ1n) is 10.4. The first kappa shape index (κ1) is 22.2. The van der Waals surface area contributed by atoms with Crippen molar-refractivity contribution in [2.24, 2.45) is 0 Å². The number of aryl methyl sites for hydroxylation is 1. The van der Waals surface area contributed by atoms with Crippen LogP contribution in [0.5, 0.6) is 11.5 Å². The lowest BCUT2D eigenvalue weighted by molar-refractivity contribution is -0.144. The van der Waals surface area contributed by atoms with Crippen LogP contribution in [0.15, 0.2) is 60.7 Å². The highest BCUT2D eigenvalue weighted by atomic mass is 35.5. The summed E-state index contributed by atoms with van der Waals surface area (Å²) in [5, 5.41) is 21.1. The highest BCUT2D eigenvalue weighted by molar-refractivity contribution is 7.19. The van der Waals surface area contributed by atoms with Crippen molar-refractivity contribution in [3.8, 4) is 22.6 Å². The lowest BCUT2D eigenvalue weighted by Crippen LogP contribution is -2.29. The molecule has 1 heterocycles. The molecule has 1 atom stereocenters. The molecule has 0 aliphatic carbocycles. The van der Waals surface area contributed by atoms with Crippen LogP contribution in [0.2, 0.25) is 5.02 Å². The summed E-state index contributed by atoms with van der Waals surface area (Å²) in [6, 6.07) is 18.6. The Labute approximate surface area is 195 Å². The number of hydrogen-bond acceptors (Lipinski definition) is 4. The zero-order valence-electron chi connectivity index (χ0n) is 17.8. The van der Waals surface area contributed by atoms with E-state index in [9.17, 15) is 15.0 Å². The summed E-state index contributed by atoms with van der Waals surface area (Å²) in [6.07, 6.45) is 0.0418. The van der Waals surface area contributed by atoms with E-state index in [1.165, 1.54) is 0 Å². The van der Waals surface area contributed by atoms with Crippen molar-refractivity contribution in [2.45, 2.75) is 32.8 Å². The Morgan fingerprint density at radius 1 is 1.09 bits per heavy atom. The Kier molecular flexibility index (Phi) is 6.40. The molecule has 3 aromatic carbocycles. The summed E-state index contributed by atoms with van der Waals surface area (Å²) >= 11 is 8.00. The Balaban J connectivity index is 1.85. The predicted molar refractivity (Wildman–Crippen MR) is 130 cm³/mol. The first-order valence-corrected chi connectivity index (χ1v) is 11.6. The number of phenolic OH excluding ortho intramolecular Hbond substituents is 1. The molecule has 0 saturated heterocycles. The summed E-state index contributed by atoms with van der Waals surface area (Å²) < 4.78 is 7.15. The predicted octanol–water partition coefficient (Wildman–Crippen LogP) is 6.87. The van der Waals surface area contributed by atoms with Crippen LogP contribution in [0.1, 0.15) is 22.9 Å². The maximum atomic E-state index is 12.0. The minimum atomic E-state index is -1.02. The second kappa shape index (κ2) is 9.23. The number of halogens is 1. The third-order valence-electron chi connectivity index (χ3n) is 5.52. The van der Waals surface area contributed by atoms with Crippen LogP contribution in [-0.2, 0) is 17.6 Å². The molecule has 4 rings (SSSR count). The van der Waals surface area contributed by atoms with Gasteiger partial charge in [-0.3, -0.25) is 0 Å². The van der Waals surface area contributed by atoms with Gasteiger partial charge in [-0.15, -0.1) is 11.3 Å². The zero-order chi connectivity index (χ0) is 22.8. The number of ether oxygens (including phenoxy) is 1. The van der Waals surface area contributed by atoms with Crippen LogP contribution in [0, 0.1) is 6.92 Å². The number of carboxylic acid groups (broad SMARTS) is 1. The number of fused-ring (bicyclic) bond motifs is 1. The van der Waals surface area contributed by atoms with Crippen molar-refractivity contribution in [3.63, 3.8) is 0 Å². The number of rotatable bonds is 7. The number of aromatic hydroxyl groups is 1. The summed E-state index contributed by atoms with van der Waals surface area (Å²) in [6.45, 7) is 3.96. The van der Waals surface area contributed by atoms with E-state index in [4.69, 9.17) is 16.3 Å². The highest BCUT2D eigenvalue weighted by Crippen LogP contribution is 2.46. The van der Waals surface area contributed by atoms with E-state index in [0.717, 1.165) is 43.6 Å². The van der Waals surface area contributed by atoms with Crippen molar-refractivity contribution in [1.82, 2.24) is 0 Å². The normalized spacial score (nSPS) is 12.1. The SMILES string of the molecule is CCc1sc2cccc(OC(Cc3ccccc3)C(=O)O)c2c1-c1ccc(O)c(Cl)c1C. The molecule has 0 fully saturated rings. The van der Waals surface area contributed by atoms with E-state index >= 15 is 0 Å². The number of carboxylic acids is 1. The zero-order valence-corrected chi connectivity index (χ0v) is 19.3. The molecule has 0 amide bonds. The van der Waals surface area contributed by atoms with Gasteiger partial charge in [0.2, 0.25) is 0 Å². The molecule has 0 bridgehead atoms. The molecule has 0 spiro atoms. The topological polar surface area (TPSA) is 66.8 Å². The number of thiophene rings is 1. The number of phenols is 1. The van der Waals surface area contributed by atoms with Crippen molar-refractivity contribution >= 4 is 39.0 Å². The van der Waals surface area contributed by atoms with Gasteiger partial charge in [0.05, 0.1) is 5.02 Å². The van der Waals surface area contributed by atoms with Gasteiger partial charge >= 0.3 is 5.97 Å². The van der Waals surface area contributed by atoms with Gasteiger partial charge in [0.15, 0.2) is 6.10 Å². The minimum absolute atomic E-state index is 0.0378. The second-order valence-electron chi connectivity index (χ2n) is 7.59. The summed E-state index contributed by atoms with van der Waals surface area (Å²) in [4.78, 5) is 13.2. The van der Waals surface area contributed by atoms with Gasteiger partial charge in [-0.2, -0.15) is 0 Å². The molecule has 4 aromatic rings. The van der Waals surface area contributed by atoms with Gasteiger partial charge in [-0.25, -0.2) is 4.79 Å². The Hall–Kier alpha value is -3.02. The average Bonchev–Trinajstić information content (AvgIpc) is 3.17. The molecule has 164 valence electrons. The number of aliphatic carboxylic acids is 1. The quantitative estimate of drug-likeness (QED) is 0.312. The largest absolute Gasteiger partial charge is 0.506 e. The van der Waals surface area contributed by atoms with Gasteiger partial charge in [0.1, 0.15) is 11.5 Å². The maximum Gasteiger partial charge on any atom is 0.345 e. The van der Waals surface area contributed by atoms with Crippen molar-refractivity contribution in [1.29, 1.82) is 0 Å². The summed E-state index contributed by atoms with van der Waals surface area (Å²) in [5.41, 5.74) is 3.55.